The predicted octanol–water partition coefficient (Wildman–Crippen LogP) is 17.4. The standard InChI is InChI=1S/C58H36N2O2S/c1-4-14-37(15-5-1)43-20-10-12-22-50(43)60(39-18-8-3-9-19-39)42-25-28-45-48-30-31-51-57-47(29-32-52(58(48)57)62-54(45)36-42)44-27-24-41(35-53(44)61-51)59(38-16-6-2-7-17-38)40-26-33-56-49(34-40)46-21-11-13-23-55(46)63-56/h1-36H. The quantitative estimate of drug-likeness (QED) is 0.160. The zero-order valence-corrected chi connectivity index (χ0v) is 34.7. The molecule has 1 aromatic heterocycles. The first-order valence-corrected chi connectivity index (χ1v) is 22.1. The molecule has 0 amide bonds. The summed E-state index contributed by atoms with van der Waals surface area (Å²) in [4.78, 5) is 4.64. The lowest BCUT2D eigenvalue weighted by Gasteiger charge is -2.31. The number of hydrogen-bond donors (Lipinski definition) is 0. The Morgan fingerprint density at radius 2 is 0.794 bits per heavy atom. The molecular formula is C58H36N2O2S. The third-order valence-corrected chi connectivity index (χ3v) is 13.6. The molecule has 11 aromatic rings. The van der Waals surface area contributed by atoms with E-state index in [0.29, 0.717) is 0 Å². The van der Waals surface area contributed by atoms with Crippen molar-refractivity contribution in [2.75, 3.05) is 9.80 Å². The monoisotopic (exact) mass is 824 g/mol. The molecule has 0 fully saturated rings. The van der Waals surface area contributed by atoms with Gasteiger partial charge in [0.05, 0.1) is 5.69 Å². The Labute approximate surface area is 368 Å². The predicted molar refractivity (Wildman–Crippen MR) is 263 cm³/mol. The van der Waals surface area contributed by atoms with Crippen LogP contribution in [0, 0.1) is 0 Å². The fraction of sp³-hybridized carbons (Fsp3) is 0. The molecule has 3 heterocycles. The van der Waals surface area contributed by atoms with Gasteiger partial charge in [0, 0.05) is 88.2 Å². The van der Waals surface area contributed by atoms with Crippen molar-refractivity contribution < 1.29 is 9.47 Å². The number of fused-ring (bicyclic) bond motifs is 7. The van der Waals surface area contributed by atoms with Crippen molar-refractivity contribution in [1.82, 2.24) is 0 Å². The fourth-order valence-corrected chi connectivity index (χ4v) is 10.7. The number of para-hydroxylation sites is 3. The topological polar surface area (TPSA) is 24.9 Å². The van der Waals surface area contributed by atoms with E-state index >= 15 is 0 Å². The van der Waals surface area contributed by atoms with Gasteiger partial charge in [0.1, 0.15) is 23.0 Å². The van der Waals surface area contributed by atoms with Crippen LogP contribution in [0.4, 0.5) is 34.1 Å². The van der Waals surface area contributed by atoms with Gasteiger partial charge < -0.3 is 19.3 Å². The highest BCUT2D eigenvalue weighted by Gasteiger charge is 2.30. The molecule has 0 unspecified atom stereocenters. The average molecular weight is 825 g/mol. The van der Waals surface area contributed by atoms with E-state index in [0.717, 1.165) is 101 Å². The summed E-state index contributed by atoms with van der Waals surface area (Å²) in [5.41, 5.74) is 13.1. The second kappa shape index (κ2) is 14.2. The first-order chi connectivity index (χ1) is 31.2. The van der Waals surface area contributed by atoms with E-state index in [1.165, 1.54) is 20.2 Å². The van der Waals surface area contributed by atoms with Gasteiger partial charge in [-0.05, 0) is 120 Å². The van der Waals surface area contributed by atoms with E-state index in [4.69, 9.17) is 9.47 Å². The number of nitrogens with zero attached hydrogens (tertiary/aromatic N) is 2. The zero-order valence-electron chi connectivity index (χ0n) is 33.9. The summed E-state index contributed by atoms with van der Waals surface area (Å²) in [7, 11) is 0. The molecule has 2 aliphatic heterocycles. The van der Waals surface area contributed by atoms with Gasteiger partial charge in [-0.1, -0.05) is 103 Å². The molecule has 10 aromatic carbocycles. The van der Waals surface area contributed by atoms with Crippen LogP contribution in [0.5, 0.6) is 23.0 Å². The molecule has 4 nitrogen and oxygen atoms in total. The van der Waals surface area contributed by atoms with Crippen molar-refractivity contribution >= 4 is 76.4 Å². The van der Waals surface area contributed by atoms with Gasteiger partial charge in [-0.15, -0.1) is 11.3 Å². The number of benzene rings is 10. The lowest BCUT2D eigenvalue weighted by atomic mass is 9.88. The van der Waals surface area contributed by atoms with Crippen molar-refractivity contribution in [3.05, 3.63) is 218 Å². The Balaban J connectivity index is 0.904. The minimum Gasteiger partial charge on any atom is -0.456 e. The largest absolute Gasteiger partial charge is 0.456 e. The normalized spacial score (nSPS) is 12.1. The first-order valence-electron chi connectivity index (χ1n) is 21.2. The molecule has 2 aliphatic rings. The second-order valence-corrected chi connectivity index (χ2v) is 17.1. The van der Waals surface area contributed by atoms with E-state index in [1.807, 2.05) is 11.3 Å². The average Bonchev–Trinajstić information content (AvgIpc) is 3.72. The lowest BCUT2D eigenvalue weighted by molar-refractivity contribution is 0.480. The van der Waals surface area contributed by atoms with Crippen molar-refractivity contribution in [2.24, 2.45) is 0 Å². The molecule has 0 radical (unpaired) electrons. The van der Waals surface area contributed by atoms with Crippen LogP contribution in [-0.4, -0.2) is 0 Å². The lowest BCUT2D eigenvalue weighted by Crippen LogP contribution is -2.12. The Bertz CT molecular complexity index is 3580. The summed E-state index contributed by atoms with van der Waals surface area (Å²) in [6, 6.07) is 77.6. The first kappa shape index (κ1) is 35.6. The zero-order chi connectivity index (χ0) is 41.4. The van der Waals surface area contributed by atoms with Crippen LogP contribution >= 0.6 is 11.3 Å². The van der Waals surface area contributed by atoms with Crippen molar-refractivity contribution in [2.45, 2.75) is 0 Å². The highest BCUT2D eigenvalue weighted by molar-refractivity contribution is 7.25. The maximum Gasteiger partial charge on any atom is 0.137 e. The Morgan fingerprint density at radius 1 is 0.302 bits per heavy atom. The molecule has 13 rings (SSSR count). The number of anilines is 6. The van der Waals surface area contributed by atoms with Crippen LogP contribution in [0.15, 0.2) is 218 Å². The van der Waals surface area contributed by atoms with E-state index in [2.05, 4.69) is 228 Å². The highest BCUT2D eigenvalue weighted by Crippen LogP contribution is 2.57. The molecule has 5 heteroatoms. The van der Waals surface area contributed by atoms with Crippen molar-refractivity contribution in [3.8, 4) is 56.4 Å². The van der Waals surface area contributed by atoms with Crippen LogP contribution in [0.2, 0.25) is 0 Å². The van der Waals surface area contributed by atoms with Gasteiger partial charge in [0.2, 0.25) is 0 Å². The molecule has 0 atom stereocenters. The fourth-order valence-electron chi connectivity index (χ4n) is 9.61. The van der Waals surface area contributed by atoms with E-state index < -0.39 is 0 Å². The van der Waals surface area contributed by atoms with Crippen LogP contribution < -0.4 is 19.3 Å². The third kappa shape index (κ3) is 5.74. The molecule has 0 N–H and O–H groups in total. The number of rotatable bonds is 7. The van der Waals surface area contributed by atoms with Gasteiger partial charge in [-0.25, -0.2) is 0 Å². The molecule has 0 spiro atoms. The maximum atomic E-state index is 6.91. The summed E-state index contributed by atoms with van der Waals surface area (Å²) < 4.78 is 16.4. The maximum absolute atomic E-state index is 6.91. The smallest absolute Gasteiger partial charge is 0.137 e. The Morgan fingerprint density at radius 3 is 1.46 bits per heavy atom. The summed E-state index contributed by atoms with van der Waals surface area (Å²) >= 11 is 1.84. The summed E-state index contributed by atoms with van der Waals surface area (Å²) in [6.45, 7) is 0. The summed E-state index contributed by atoms with van der Waals surface area (Å²) in [6.07, 6.45) is 0. The van der Waals surface area contributed by atoms with Gasteiger partial charge in [-0.3, -0.25) is 0 Å². The van der Waals surface area contributed by atoms with Crippen LogP contribution in [0.1, 0.15) is 0 Å². The van der Waals surface area contributed by atoms with Crippen LogP contribution in [0.25, 0.3) is 64.3 Å². The summed E-state index contributed by atoms with van der Waals surface area (Å²) in [5.74, 6) is 3.28. The van der Waals surface area contributed by atoms with E-state index in [1.54, 1.807) is 0 Å². The minimum atomic E-state index is 0.817. The number of thiophene rings is 1. The van der Waals surface area contributed by atoms with E-state index in [9.17, 15) is 0 Å². The second-order valence-electron chi connectivity index (χ2n) is 16.0. The van der Waals surface area contributed by atoms with Gasteiger partial charge >= 0.3 is 0 Å². The number of ether oxygens (including phenoxy) is 2. The third-order valence-electron chi connectivity index (χ3n) is 12.4. The molecule has 0 saturated heterocycles. The molecule has 0 aliphatic carbocycles. The highest BCUT2D eigenvalue weighted by atomic mass is 32.1. The molecule has 296 valence electrons. The van der Waals surface area contributed by atoms with Crippen LogP contribution in [0.3, 0.4) is 0 Å². The summed E-state index contributed by atoms with van der Waals surface area (Å²) in [5, 5.41) is 4.68. The molecular weight excluding hydrogens is 789 g/mol. The van der Waals surface area contributed by atoms with Gasteiger partial charge in [0.15, 0.2) is 0 Å². The van der Waals surface area contributed by atoms with Crippen LogP contribution in [-0.2, 0) is 0 Å². The van der Waals surface area contributed by atoms with Gasteiger partial charge in [-0.2, -0.15) is 0 Å². The van der Waals surface area contributed by atoms with Crippen molar-refractivity contribution in [3.63, 3.8) is 0 Å². The molecule has 0 saturated carbocycles. The Hall–Kier alpha value is -8.12. The minimum absolute atomic E-state index is 0.817. The SMILES string of the molecule is c1ccc(-c2ccccc2N(c2ccccc2)c2ccc3c(c2)Oc2ccc4c5c(ccc-3c25)Oc2cc(N(c3ccccc3)c3ccc5sc6ccccc6c5c3)ccc2-4)cc1. The molecule has 0 bridgehead atoms. The van der Waals surface area contributed by atoms with Gasteiger partial charge in [0.25, 0.3) is 0 Å². The number of hydrogen-bond acceptors (Lipinski definition) is 5. The molecule has 63 heavy (non-hydrogen) atoms. The van der Waals surface area contributed by atoms with Crippen molar-refractivity contribution in [1.29, 1.82) is 0 Å². The Kier molecular flexibility index (Phi) is 8.05. The van der Waals surface area contributed by atoms with E-state index in [-0.39, 0.29) is 0 Å².